The smallest absolute Gasteiger partial charge is 0.248 e. The lowest BCUT2D eigenvalue weighted by Gasteiger charge is -2.19. The van der Waals surface area contributed by atoms with Crippen molar-refractivity contribution in [1.29, 1.82) is 0 Å². The van der Waals surface area contributed by atoms with E-state index in [1.54, 1.807) is 76.1 Å². The lowest BCUT2D eigenvalue weighted by molar-refractivity contribution is -0.111. The first kappa shape index (κ1) is 21.9. The highest BCUT2D eigenvalue weighted by molar-refractivity contribution is 7.89. The summed E-state index contributed by atoms with van der Waals surface area (Å²) in [6.07, 6.45) is 12.0. The highest BCUT2D eigenvalue weighted by Crippen LogP contribution is 2.21. The standard InChI is InChI=1S/C23H25N5O3S/c29-22(26-21-7-5-14-24-23(21)28-18-6-15-25-28)13-10-19-8-11-20(12-9-19)32(30,31)27-16-3-1-2-4-17-27/h5-15,18H,1-4,16-17H2,(H,26,29)/b13-10+. The maximum absolute atomic E-state index is 12.9. The van der Waals surface area contributed by atoms with Crippen LogP contribution in [0.3, 0.4) is 0 Å². The number of nitrogens with zero attached hydrogens (tertiary/aromatic N) is 4. The topological polar surface area (TPSA) is 97.2 Å². The molecule has 0 aliphatic carbocycles. The fourth-order valence-corrected chi connectivity index (χ4v) is 5.12. The van der Waals surface area contributed by atoms with E-state index in [0.717, 1.165) is 31.2 Å². The Morgan fingerprint density at radius 1 is 0.969 bits per heavy atom. The van der Waals surface area contributed by atoms with E-state index in [1.165, 1.54) is 6.08 Å². The van der Waals surface area contributed by atoms with Crippen LogP contribution in [0.2, 0.25) is 0 Å². The van der Waals surface area contributed by atoms with Gasteiger partial charge in [-0.25, -0.2) is 18.1 Å². The van der Waals surface area contributed by atoms with Crippen molar-refractivity contribution in [3.8, 4) is 5.82 Å². The summed E-state index contributed by atoms with van der Waals surface area (Å²) in [5, 5.41) is 6.95. The summed E-state index contributed by atoms with van der Waals surface area (Å²) in [4.78, 5) is 17.0. The molecule has 1 aliphatic heterocycles. The minimum atomic E-state index is -3.49. The van der Waals surface area contributed by atoms with Crippen LogP contribution in [0, 0.1) is 0 Å². The van der Waals surface area contributed by atoms with Crippen LogP contribution in [0.1, 0.15) is 31.2 Å². The Bertz CT molecular complexity index is 1180. The molecule has 1 fully saturated rings. The maximum Gasteiger partial charge on any atom is 0.248 e. The molecule has 1 aliphatic rings. The molecule has 0 spiro atoms. The van der Waals surface area contributed by atoms with Crippen LogP contribution in [0.4, 0.5) is 5.69 Å². The quantitative estimate of drug-likeness (QED) is 0.579. The maximum atomic E-state index is 12.9. The second-order valence-corrected chi connectivity index (χ2v) is 9.47. The monoisotopic (exact) mass is 451 g/mol. The number of hydrogen-bond acceptors (Lipinski definition) is 5. The second kappa shape index (κ2) is 9.88. The average molecular weight is 452 g/mol. The third-order valence-electron chi connectivity index (χ3n) is 5.28. The molecular weight excluding hydrogens is 426 g/mol. The van der Waals surface area contributed by atoms with Gasteiger partial charge in [0.1, 0.15) is 0 Å². The Kier molecular flexibility index (Phi) is 6.77. The van der Waals surface area contributed by atoms with Crippen LogP contribution >= 0.6 is 0 Å². The molecule has 1 amide bonds. The summed E-state index contributed by atoms with van der Waals surface area (Å²) in [5.74, 6) is 0.190. The van der Waals surface area contributed by atoms with Gasteiger partial charge in [-0.3, -0.25) is 4.79 Å². The first-order chi connectivity index (χ1) is 15.5. The van der Waals surface area contributed by atoms with Gasteiger partial charge < -0.3 is 5.32 Å². The number of carbonyl (C=O) groups excluding carboxylic acids is 1. The summed E-state index contributed by atoms with van der Waals surface area (Å²) in [7, 11) is -3.49. The van der Waals surface area contributed by atoms with Gasteiger partial charge in [0.05, 0.1) is 10.6 Å². The van der Waals surface area contributed by atoms with Crippen molar-refractivity contribution in [1.82, 2.24) is 19.1 Å². The molecule has 0 saturated carbocycles. The number of pyridine rings is 1. The van der Waals surface area contributed by atoms with Gasteiger partial charge in [-0.15, -0.1) is 0 Å². The molecule has 0 atom stereocenters. The molecule has 4 rings (SSSR count). The molecule has 32 heavy (non-hydrogen) atoms. The molecule has 2 aromatic heterocycles. The van der Waals surface area contributed by atoms with E-state index in [4.69, 9.17) is 0 Å². The van der Waals surface area contributed by atoms with Crippen LogP contribution in [0.15, 0.2) is 72.0 Å². The predicted molar refractivity (Wildman–Crippen MR) is 123 cm³/mol. The minimum Gasteiger partial charge on any atom is -0.319 e. The Hall–Kier alpha value is -3.30. The van der Waals surface area contributed by atoms with E-state index in [1.807, 2.05) is 0 Å². The first-order valence-corrected chi connectivity index (χ1v) is 12.0. The normalized spacial score (nSPS) is 15.5. The fourth-order valence-electron chi connectivity index (χ4n) is 3.60. The highest BCUT2D eigenvalue weighted by Gasteiger charge is 2.24. The highest BCUT2D eigenvalue weighted by atomic mass is 32.2. The predicted octanol–water partition coefficient (Wildman–Crippen LogP) is 3.48. The minimum absolute atomic E-state index is 0.278. The van der Waals surface area contributed by atoms with E-state index < -0.39 is 10.0 Å². The number of nitrogens with one attached hydrogen (secondary N) is 1. The van der Waals surface area contributed by atoms with Gasteiger partial charge in [0.2, 0.25) is 15.9 Å². The zero-order chi connectivity index (χ0) is 22.4. The number of anilines is 1. The number of aromatic nitrogens is 3. The third-order valence-corrected chi connectivity index (χ3v) is 7.19. The van der Waals surface area contributed by atoms with Gasteiger partial charge in [-0.1, -0.05) is 25.0 Å². The SMILES string of the molecule is O=C(/C=C/c1ccc(S(=O)(=O)N2CCCCCC2)cc1)Nc1cccnc1-n1cccn1. The Morgan fingerprint density at radius 2 is 1.72 bits per heavy atom. The number of amides is 1. The van der Waals surface area contributed by atoms with Crippen molar-refractivity contribution in [3.63, 3.8) is 0 Å². The number of hydrogen-bond donors (Lipinski definition) is 1. The Labute approximate surface area is 187 Å². The molecule has 9 heteroatoms. The molecule has 3 aromatic rings. The molecular formula is C23H25N5O3S. The molecule has 0 radical (unpaired) electrons. The zero-order valence-corrected chi connectivity index (χ0v) is 18.4. The van der Waals surface area contributed by atoms with Crippen LogP contribution in [-0.4, -0.2) is 46.5 Å². The van der Waals surface area contributed by atoms with Crippen LogP contribution in [0.25, 0.3) is 11.9 Å². The average Bonchev–Trinajstić information content (AvgIpc) is 3.19. The van der Waals surface area contributed by atoms with Crippen molar-refractivity contribution in [2.75, 3.05) is 18.4 Å². The summed E-state index contributed by atoms with van der Waals surface area (Å²) < 4.78 is 28.9. The van der Waals surface area contributed by atoms with Crippen LogP contribution in [0.5, 0.6) is 0 Å². The molecule has 1 N–H and O–H groups in total. The zero-order valence-electron chi connectivity index (χ0n) is 17.6. The van der Waals surface area contributed by atoms with Crippen LogP contribution < -0.4 is 5.32 Å². The molecule has 8 nitrogen and oxygen atoms in total. The molecule has 166 valence electrons. The number of benzene rings is 1. The number of sulfonamides is 1. The summed E-state index contributed by atoms with van der Waals surface area (Å²) in [6, 6.07) is 11.8. The summed E-state index contributed by atoms with van der Waals surface area (Å²) in [5.41, 5.74) is 1.26. The Balaban J connectivity index is 1.43. The first-order valence-electron chi connectivity index (χ1n) is 10.6. The van der Waals surface area contributed by atoms with E-state index in [9.17, 15) is 13.2 Å². The molecule has 0 bridgehead atoms. The lowest BCUT2D eigenvalue weighted by atomic mass is 10.2. The van der Waals surface area contributed by atoms with Crippen molar-refractivity contribution < 1.29 is 13.2 Å². The van der Waals surface area contributed by atoms with Crippen molar-refractivity contribution in [2.45, 2.75) is 30.6 Å². The van der Waals surface area contributed by atoms with Gasteiger partial charge in [-0.2, -0.15) is 9.40 Å². The van der Waals surface area contributed by atoms with Gasteiger partial charge in [0.15, 0.2) is 5.82 Å². The summed E-state index contributed by atoms with van der Waals surface area (Å²) in [6.45, 7) is 1.14. The van der Waals surface area contributed by atoms with Gasteiger partial charge in [0, 0.05) is 37.8 Å². The van der Waals surface area contributed by atoms with Gasteiger partial charge >= 0.3 is 0 Å². The lowest BCUT2D eigenvalue weighted by Crippen LogP contribution is -2.31. The van der Waals surface area contributed by atoms with E-state index >= 15 is 0 Å². The van der Waals surface area contributed by atoms with Crippen molar-refractivity contribution >= 4 is 27.7 Å². The molecule has 1 saturated heterocycles. The van der Waals surface area contributed by atoms with E-state index in [-0.39, 0.29) is 10.8 Å². The number of rotatable bonds is 6. The van der Waals surface area contributed by atoms with Crippen molar-refractivity contribution in [3.05, 3.63) is 72.7 Å². The Morgan fingerprint density at radius 3 is 2.41 bits per heavy atom. The second-order valence-electron chi connectivity index (χ2n) is 7.54. The number of carbonyl (C=O) groups is 1. The van der Waals surface area contributed by atoms with E-state index in [2.05, 4.69) is 15.4 Å². The molecule has 3 heterocycles. The van der Waals surface area contributed by atoms with E-state index in [0.29, 0.717) is 24.6 Å². The fraction of sp³-hybridized carbons (Fsp3) is 0.261. The van der Waals surface area contributed by atoms with Crippen LogP contribution in [-0.2, 0) is 14.8 Å². The molecule has 1 aromatic carbocycles. The largest absolute Gasteiger partial charge is 0.319 e. The third kappa shape index (κ3) is 5.12. The van der Waals surface area contributed by atoms with Gasteiger partial charge in [-0.05, 0) is 54.8 Å². The van der Waals surface area contributed by atoms with Gasteiger partial charge in [0.25, 0.3) is 0 Å². The molecule has 0 unspecified atom stereocenters. The van der Waals surface area contributed by atoms with Crippen molar-refractivity contribution in [2.24, 2.45) is 0 Å². The summed E-state index contributed by atoms with van der Waals surface area (Å²) >= 11 is 0.